The van der Waals surface area contributed by atoms with Crippen LogP contribution in [0.15, 0.2) is 64.4 Å². The molecule has 34 heavy (non-hydrogen) atoms. The van der Waals surface area contributed by atoms with Crippen LogP contribution in [0.25, 0.3) is 22.4 Å². The molecule has 4 aromatic rings. The van der Waals surface area contributed by atoms with Crippen molar-refractivity contribution in [2.45, 2.75) is 24.9 Å². The van der Waals surface area contributed by atoms with Gasteiger partial charge in [0, 0.05) is 22.4 Å². The minimum absolute atomic E-state index is 0.144. The Hall–Kier alpha value is -3.17. The zero-order chi connectivity index (χ0) is 23.7. The van der Waals surface area contributed by atoms with Gasteiger partial charge in [-0.3, -0.25) is 9.69 Å². The monoisotopic (exact) mass is 485 g/mol. The SMILES string of the molecule is O=C(CN1CCC(c2nc(-c3cc4ccccc4o3)cs2)CC1)Nc1cccc(C(F)(F)F)c1. The molecule has 2 aromatic carbocycles. The van der Waals surface area contributed by atoms with Crippen molar-refractivity contribution in [2.75, 3.05) is 25.0 Å². The highest BCUT2D eigenvalue weighted by atomic mass is 32.1. The van der Waals surface area contributed by atoms with Crippen LogP contribution in [0.5, 0.6) is 0 Å². The lowest BCUT2D eigenvalue weighted by Crippen LogP contribution is -2.38. The maximum Gasteiger partial charge on any atom is 0.416 e. The molecule has 1 fully saturated rings. The van der Waals surface area contributed by atoms with Crippen LogP contribution in [0.1, 0.15) is 29.3 Å². The fourth-order valence-electron chi connectivity index (χ4n) is 4.21. The van der Waals surface area contributed by atoms with Crippen molar-refractivity contribution in [3.63, 3.8) is 0 Å². The molecule has 1 aliphatic heterocycles. The van der Waals surface area contributed by atoms with Crippen molar-refractivity contribution in [3.05, 3.63) is 70.5 Å². The number of piperidine rings is 1. The number of carbonyl (C=O) groups is 1. The molecule has 1 saturated heterocycles. The number of alkyl halides is 3. The van der Waals surface area contributed by atoms with Gasteiger partial charge in [-0.1, -0.05) is 24.3 Å². The van der Waals surface area contributed by atoms with Crippen LogP contribution in [0.2, 0.25) is 0 Å². The predicted octanol–water partition coefficient (Wildman–Crippen LogP) is 6.39. The van der Waals surface area contributed by atoms with Crippen LogP contribution in [0, 0.1) is 0 Å². The fraction of sp³-hybridized carbons (Fsp3) is 0.280. The molecule has 176 valence electrons. The van der Waals surface area contributed by atoms with E-state index < -0.39 is 11.7 Å². The third-order valence-electron chi connectivity index (χ3n) is 5.98. The first-order chi connectivity index (χ1) is 16.3. The summed E-state index contributed by atoms with van der Waals surface area (Å²) in [5, 5.41) is 6.70. The minimum atomic E-state index is -4.44. The molecule has 1 aliphatic rings. The van der Waals surface area contributed by atoms with Crippen LogP contribution in [0.4, 0.5) is 18.9 Å². The molecule has 0 saturated carbocycles. The molecule has 5 nitrogen and oxygen atoms in total. The Kier molecular flexibility index (Phi) is 6.14. The Bertz CT molecular complexity index is 1270. The average Bonchev–Trinajstić information content (AvgIpc) is 3.46. The van der Waals surface area contributed by atoms with Gasteiger partial charge in [0.1, 0.15) is 11.3 Å². The second kappa shape index (κ2) is 9.23. The molecule has 0 radical (unpaired) electrons. The second-order valence-corrected chi connectivity index (χ2v) is 9.29. The molecular formula is C25H22F3N3O2S. The Morgan fingerprint density at radius 2 is 1.91 bits per heavy atom. The highest BCUT2D eigenvalue weighted by Crippen LogP contribution is 2.35. The highest BCUT2D eigenvalue weighted by molar-refractivity contribution is 7.10. The van der Waals surface area contributed by atoms with E-state index in [1.54, 1.807) is 11.3 Å². The van der Waals surface area contributed by atoms with E-state index in [2.05, 4.69) is 5.32 Å². The van der Waals surface area contributed by atoms with Gasteiger partial charge in [-0.05, 0) is 56.3 Å². The summed E-state index contributed by atoms with van der Waals surface area (Å²) in [6.07, 6.45) is -2.71. The Morgan fingerprint density at radius 1 is 1.12 bits per heavy atom. The number of carbonyl (C=O) groups excluding carboxylic acids is 1. The van der Waals surface area contributed by atoms with Crippen LogP contribution in [0.3, 0.4) is 0 Å². The number of likely N-dealkylation sites (tertiary alicyclic amines) is 1. The summed E-state index contributed by atoms with van der Waals surface area (Å²) in [5.74, 6) is 0.748. The van der Waals surface area contributed by atoms with Crippen LogP contribution in [-0.4, -0.2) is 35.4 Å². The maximum absolute atomic E-state index is 12.9. The van der Waals surface area contributed by atoms with Crippen molar-refractivity contribution >= 4 is 33.9 Å². The molecular weight excluding hydrogens is 463 g/mol. The summed E-state index contributed by atoms with van der Waals surface area (Å²) in [6, 6.07) is 14.5. The minimum Gasteiger partial charge on any atom is -0.454 e. The average molecular weight is 486 g/mol. The molecule has 0 spiro atoms. The maximum atomic E-state index is 12.9. The third kappa shape index (κ3) is 5.00. The van der Waals surface area contributed by atoms with Gasteiger partial charge in [-0.15, -0.1) is 11.3 Å². The van der Waals surface area contributed by atoms with E-state index in [1.165, 1.54) is 12.1 Å². The number of nitrogens with zero attached hydrogens (tertiary/aromatic N) is 2. The van der Waals surface area contributed by atoms with Gasteiger partial charge < -0.3 is 9.73 Å². The zero-order valence-electron chi connectivity index (χ0n) is 18.1. The first kappa shape index (κ1) is 22.6. The van der Waals surface area contributed by atoms with Gasteiger partial charge in [-0.25, -0.2) is 4.98 Å². The Morgan fingerprint density at radius 3 is 2.68 bits per heavy atom. The van der Waals surface area contributed by atoms with Crippen LogP contribution in [-0.2, 0) is 11.0 Å². The van der Waals surface area contributed by atoms with Crippen LogP contribution >= 0.6 is 11.3 Å². The van der Waals surface area contributed by atoms with Crippen molar-refractivity contribution in [3.8, 4) is 11.5 Å². The van der Waals surface area contributed by atoms with E-state index in [-0.39, 0.29) is 18.1 Å². The van der Waals surface area contributed by atoms with E-state index >= 15 is 0 Å². The number of nitrogens with one attached hydrogen (secondary N) is 1. The number of aromatic nitrogens is 1. The topological polar surface area (TPSA) is 58.4 Å². The number of hydrogen-bond acceptors (Lipinski definition) is 5. The summed E-state index contributed by atoms with van der Waals surface area (Å²) >= 11 is 1.62. The fourth-order valence-corrected chi connectivity index (χ4v) is 5.19. The molecule has 0 bridgehead atoms. The van der Waals surface area contributed by atoms with E-state index in [4.69, 9.17) is 9.40 Å². The van der Waals surface area contributed by atoms with Crippen molar-refractivity contribution in [2.24, 2.45) is 0 Å². The largest absolute Gasteiger partial charge is 0.454 e. The second-order valence-electron chi connectivity index (χ2n) is 8.40. The predicted molar refractivity (Wildman–Crippen MR) is 126 cm³/mol. The molecule has 0 atom stereocenters. The van der Waals surface area contributed by atoms with Gasteiger partial charge in [0.15, 0.2) is 5.76 Å². The van der Waals surface area contributed by atoms with E-state index in [9.17, 15) is 18.0 Å². The van der Waals surface area contributed by atoms with Gasteiger partial charge in [-0.2, -0.15) is 13.2 Å². The first-order valence-corrected chi connectivity index (χ1v) is 11.9. The van der Waals surface area contributed by atoms with Crippen molar-refractivity contribution < 1.29 is 22.4 Å². The number of para-hydroxylation sites is 1. The van der Waals surface area contributed by atoms with Crippen molar-refractivity contribution in [1.82, 2.24) is 9.88 Å². The van der Waals surface area contributed by atoms with Crippen LogP contribution < -0.4 is 5.32 Å². The smallest absolute Gasteiger partial charge is 0.416 e. The van der Waals surface area contributed by atoms with Gasteiger partial charge in [0.05, 0.1) is 17.1 Å². The Balaban J connectivity index is 1.15. The van der Waals surface area contributed by atoms with Gasteiger partial charge in [0.2, 0.25) is 5.91 Å². The summed E-state index contributed by atoms with van der Waals surface area (Å²) in [6.45, 7) is 1.59. The summed E-state index contributed by atoms with van der Waals surface area (Å²) in [5.41, 5.74) is 1.04. The molecule has 9 heteroatoms. The number of fused-ring (bicyclic) bond motifs is 1. The number of thiazole rings is 1. The zero-order valence-corrected chi connectivity index (χ0v) is 19.0. The molecule has 0 unspecified atom stereocenters. The third-order valence-corrected chi connectivity index (χ3v) is 6.98. The van der Waals surface area contributed by atoms with Gasteiger partial charge in [0.25, 0.3) is 0 Å². The normalized spacial score (nSPS) is 15.6. The number of halogens is 3. The number of anilines is 1. The molecule has 0 aliphatic carbocycles. The summed E-state index contributed by atoms with van der Waals surface area (Å²) in [7, 11) is 0. The summed E-state index contributed by atoms with van der Waals surface area (Å²) in [4.78, 5) is 19.2. The number of rotatable bonds is 5. The molecule has 2 aromatic heterocycles. The van der Waals surface area contributed by atoms with Crippen molar-refractivity contribution in [1.29, 1.82) is 0 Å². The number of benzene rings is 2. The van der Waals surface area contributed by atoms with E-state index in [0.717, 1.165) is 65.5 Å². The number of amides is 1. The van der Waals surface area contributed by atoms with E-state index in [1.807, 2.05) is 40.6 Å². The lowest BCUT2D eigenvalue weighted by molar-refractivity contribution is -0.137. The summed E-state index contributed by atoms with van der Waals surface area (Å²) < 4.78 is 44.5. The quantitative estimate of drug-likeness (QED) is 0.356. The molecule has 3 heterocycles. The lowest BCUT2D eigenvalue weighted by Gasteiger charge is -2.30. The van der Waals surface area contributed by atoms with Gasteiger partial charge >= 0.3 is 6.18 Å². The number of hydrogen-bond donors (Lipinski definition) is 1. The number of furan rings is 1. The molecule has 5 rings (SSSR count). The highest BCUT2D eigenvalue weighted by Gasteiger charge is 2.30. The molecule has 1 amide bonds. The lowest BCUT2D eigenvalue weighted by atomic mass is 9.97. The molecule has 1 N–H and O–H groups in total. The first-order valence-electron chi connectivity index (χ1n) is 11.0. The van der Waals surface area contributed by atoms with E-state index in [0.29, 0.717) is 5.92 Å². The Labute approximate surface area is 198 Å². The standard InChI is InChI=1S/C25H22F3N3O2S/c26-25(27,28)18-5-3-6-19(13-18)29-23(32)14-31-10-8-16(9-11-31)24-30-20(15-34-24)22-12-17-4-1-2-7-21(17)33-22/h1-7,12-13,15-16H,8-11,14H2,(H,29,32).